The van der Waals surface area contributed by atoms with E-state index in [-0.39, 0.29) is 17.3 Å². The van der Waals surface area contributed by atoms with Crippen molar-refractivity contribution >= 4 is 29.1 Å². The molecule has 1 aromatic carbocycles. The molecule has 194 valence electrons. The molecule has 0 saturated carbocycles. The van der Waals surface area contributed by atoms with E-state index in [4.69, 9.17) is 4.74 Å². The summed E-state index contributed by atoms with van der Waals surface area (Å²) < 4.78 is 35.8. The van der Waals surface area contributed by atoms with Crippen molar-refractivity contribution in [2.24, 2.45) is 4.99 Å². The number of likely N-dealkylation sites (N-methyl/N-ethyl adjacent to an activating group) is 1. The van der Waals surface area contributed by atoms with Crippen LogP contribution in [0.15, 0.2) is 53.2 Å². The van der Waals surface area contributed by atoms with Crippen molar-refractivity contribution in [3.63, 3.8) is 0 Å². The van der Waals surface area contributed by atoms with E-state index < -0.39 is 11.6 Å². The molecular formula is C28H27F2N7O. The second-order valence-electron chi connectivity index (χ2n) is 9.73. The number of amidine groups is 1. The maximum absolute atomic E-state index is 15.3. The number of nitrogens with one attached hydrogen (secondary N) is 1. The molecule has 3 aliphatic rings. The number of pyridine rings is 1. The predicted octanol–water partition coefficient (Wildman–Crippen LogP) is 4.56. The maximum atomic E-state index is 15.3. The number of aliphatic imine (C=N–C) groups is 1. The van der Waals surface area contributed by atoms with Gasteiger partial charge < -0.3 is 19.9 Å². The highest BCUT2D eigenvalue weighted by atomic mass is 19.1. The molecule has 1 fully saturated rings. The Kier molecular flexibility index (Phi) is 6.32. The molecule has 0 unspecified atom stereocenters. The van der Waals surface area contributed by atoms with Gasteiger partial charge in [0, 0.05) is 61.2 Å². The lowest BCUT2D eigenvalue weighted by Gasteiger charge is -2.33. The van der Waals surface area contributed by atoms with Gasteiger partial charge >= 0.3 is 6.01 Å². The van der Waals surface area contributed by atoms with Crippen molar-refractivity contribution < 1.29 is 13.5 Å². The smallest absolute Gasteiger partial charge is 0.326 e. The fraction of sp³-hybridized carbons (Fsp3) is 0.286. The second-order valence-corrected chi connectivity index (χ2v) is 9.73. The number of piperazine rings is 1. The summed E-state index contributed by atoms with van der Waals surface area (Å²) in [6, 6.07) is 8.56. The van der Waals surface area contributed by atoms with Crippen LogP contribution in [0.5, 0.6) is 11.8 Å². The maximum Gasteiger partial charge on any atom is 0.326 e. The second kappa shape index (κ2) is 9.94. The summed E-state index contributed by atoms with van der Waals surface area (Å²) in [5.74, 6) is 0.323. The van der Waals surface area contributed by atoms with Crippen LogP contribution in [-0.2, 0) is 6.42 Å². The zero-order valence-electron chi connectivity index (χ0n) is 21.2. The Morgan fingerprint density at radius 2 is 1.87 bits per heavy atom. The summed E-state index contributed by atoms with van der Waals surface area (Å²) >= 11 is 0. The monoisotopic (exact) mass is 515 g/mol. The Labute approximate surface area is 219 Å². The molecule has 8 nitrogen and oxygen atoms in total. The minimum absolute atomic E-state index is 0.0756. The first-order chi connectivity index (χ1) is 18.4. The molecular weight excluding hydrogens is 488 g/mol. The number of nitrogens with zero attached hydrogens (tertiary/aromatic N) is 6. The minimum atomic E-state index is -0.621. The number of halogens is 2. The van der Waals surface area contributed by atoms with Crippen LogP contribution < -0.4 is 15.0 Å². The fourth-order valence-corrected chi connectivity index (χ4v) is 4.80. The highest BCUT2D eigenvalue weighted by molar-refractivity contribution is 6.10. The number of anilines is 2. The lowest BCUT2D eigenvalue weighted by Crippen LogP contribution is -2.44. The third-order valence-corrected chi connectivity index (χ3v) is 6.87. The van der Waals surface area contributed by atoms with Crippen LogP contribution in [-0.4, -0.2) is 65.5 Å². The molecule has 38 heavy (non-hydrogen) atoms. The van der Waals surface area contributed by atoms with Gasteiger partial charge in [-0.25, -0.2) is 8.78 Å². The van der Waals surface area contributed by atoms with Crippen molar-refractivity contribution in [1.82, 2.24) is 19.9 Å². The number of fused-ring (bicyclic) bond motifs is 1. The normalized spacial score (nSPS) is 17.2. The Morgan fingerprint density at radius 1 is 1.03 bits per heavy atom. The summed E-state index contributed by atoms with van der Waals surface area (Å²) in [6.45, 7) is 5.63. The van der Waals surface area contributed by atoms with Crippen molar-refractivity contribution in [2.75, 3.05) is 50.0 Å². The van der Waals surface area contributed by atoms with Gasteiger partial charge in [-0.15, -0.1) is 0 Å². The van der Waals surface area contributed by atoms with E-state index in [1.807, 2.05) is 37.3 Å². The number of allylic oxidation sites excluding steroid dienone is 1. The van der Waals surface area contributed by atoms with Gasteiger partial charge in [0.15, 0.2) is 11.6 Å². The van der Waals surface area contributed by atoms with Gasteiger partial charge in [0.05, 0.1) is 12.2 Å². The van der Waals surface area contributed by atoms with Crippen LogP contribution >= 0.6 is 0 Å². The number of benzene rings is 1. The molecule has 0 atom stereocenters. The number of aromatic nitrogens is 3. The van der Waals surface area contributed by atoms with Crippen molar-refractivity contribution in [3.05, 3.63) is 76.6 Å². The Hall–Kier alpha value is -4.18. The molecule has 0 amide bonds. The molecule has 3 aromatic rings. The van der Waals surface area contributed by atoms with Crippen LogP contribution in [0.1, 0.15) is 23.7 Å². The molecule has 2 aliphatic heterocycles. The Morgan fingerprint density at radius 3 is 2.66 bits per heavy atom. The van der Waals surface area contributed by atoms with E-state index >= 15 is 4.39 Å². The van der Waals surface area contributed by atoms with Crippen LogP contribution in [0.25, 0.3) is 11.6 Å². The first-order valence-electron chi connectivity index (χ1n) is 12.5. The third-order valence-electron chi connectivity index (χ3n) is 6.87. The Balaban J connectivity index is 1.31. The highest BCUT2D eigenvalue weighted by Gasteiger charge is 2.24. The third kappa shape index (κ3) is 4.87. The largest absolute Gasteiger partial charge is 0.421 e. The van der Waals surface area contributed by atoms with E-state index in [1.165, 1.54) is 0 Å². The highest BCUT2D eigenvalue weighted by Crippen LogP contribution is 2.36. The standard InChI is InChI=1S/C28H27F2N7O/c1-17-11-19-20(12-17)27(30)23(14-21(19)29)38-28-34-25(15-26(35-28)37-9-7-36(2)8-10-37)33-24-13-18(16-32-24)22-5-3-4-6-31-22/h3-6,12-15H,7-11,16H2,1-2H3,(H,32,33,34,35). The van der Waals surface area contributed by atoms with E-state index in [2.05, 4.69) is 42.1 Å². The van der Waals surface area contributed by atoms with Crippen molar-refractivity contribution in [3.8, 4) is 11.8 Å². The van der Waals surface area contributed by atoms with E-state index in [9.17, 15) is 4.39 Å². The molecule has 10 heteroatoms. The minimum Gasteiger partial charge on any atom is -0.421 e. The molecule has 6 rings (SSSR count). The van der Waals surface area contributed by atoms with E-state index in [1.54, 1.807) is 12.3 Å². The van der Waals surface area contributed by atoms with Crippen LogP contribution in [0.2, 0.25) is 0 Å². The zero-order valence-corrected chi connectivity index (χ0v) is 21.2. The Bertz CT molecular complexity index is 1480. The molecule has 0 bridgehead atoms. The lowest BCUT2D eigenvalue weighted by atomic mass is 10.1. The van der Waals surface area contributed by atoms with Gasteiger partial charge in [-0.3, -0.25) is 9.98 Å². The van der Waals surface area contributed by atoms with Crippen LogP contribution in [0, 0.1) is 11.6 Å². The van der Waals surface area contributed by atoms with Crippen LogP contribution in [0.4, 0.5) is 20.4 Å². The quantitative estimate of drug-likeness (QED) is 0.534. The summed E-state index contributed by atoms with van der Waals surface area (Å²) in [7, 11) is 2.07. The predicted molar refractivity (Wildman–Crippen MR) is 144 cm³/mol. The van der Waals surface area contributed by atoms with Gasteiger partial charge in [0.1, 0.15) is 23.3 Å². The number of hydrogen-bond donors (Lipinski definition) is 1. The SMILES string of the molecule is CC1=Cc2c(F)c(Oc3nc(NC4=NCC(c5ccccn5)=C4)cc(N4CCN(C)CC4)n3)cc(F)c2C1. The van der Waals surface area contributed by atoms with Gasteiger partial charge in [-0.2, -0.15) is 9.97 Å². The first kappa shape index (κ1) is 24.2. The fourth-order valence-electron chi connectivity index (χ4n) is 4.80. The molecule has 4 heterocycles. The molecule has 1 saturated heterocycles. The lowest BCUT2D eigenvalue weighted by molar-refractivity contribution is 0.311. The number of ether oxygens (including phenoxy) is 1. The average Bonchev–Trinajstić information content (AvgIpc) is 3.55. The molecule has 0 radical (unpaired) electrons. The average molecular weight is 516 g/mol. The van der Waals surface area contributed by atoms with Gasteiger partial charge in [-0.1, -0.05) is 17.7 Å². The van der Waals surface area contributed by atoms with Crippen molar-refractivity contribution in [2.45, 2.75) is 13.3 Å². The summed E-state index contributed by atoms with van der Waals surface area (Å²) in [6.07, 6.45) is 5.71. The topological polar surface area (TPSA) is 78.8 Å². The van der Waals surface area contributed by atoms with Gasteiger partial charge in [0.2, 0.25) is 0 Å². The summed E-state index contributed by atoms with van der Waals surface area (Å²) in [5.41, 5.74) is 3.30. The van der Waals surface area contributed by atoms with Crippen molar-refractivity contribution in [1.29, 1.82) is 0 Å². The molecule has 1 N–H and O–H groups in total. The number of hydrogen-bond acceptors (Lipinski definition) is 8. The van der Waals surface area contributed by atoms with Crippen LogP contribution in [0.3, 0.4) is 0 Å². The molecule has 1 aliphatic carbocycles. The first-order valence-corrected chi connectivity index (χ1v) is 12.5. The van der Waals surface area contributed by atoms with E-state index in [0.717, 1.165) is 49.1 Å². The summed E-state index contributed by atoms with van der Waals surface area (Å²) in [4.78, 5) is 22.3. The number of rotatable bonds is 5. The molecule has 0 spiro atoms. The summed E-state index contributed by atoms with van der Waals surface area (Å²) in [5, 5.41) is 3.23. The van der Waals surface area contributed by atoms with Gasteiger partial charge in [0.25, 0.3) is 0 Å². The van der Waals surface area contributed by atoms with E-state index in [0.29, 0.717) is 36.0 Å². The molecule has 2 aromatic heterocycles. The zero-order chi connectivity index (χ0) is 26.2. The van der Waals surface area contributed by atoms with Gasteiger partial charge in [-0.05, 0) is 38.6 Å².